The molecule has 2 N–H and O–H groups in total. The van der Waals surface area contributed by atoms with Crippen LogP contribution in [0, 0.1) is 0 Å². The zero-order valence-corrected chi connectivity index (χ0v) is 17.2. The van der Waals surface area contributed by atoms with Crippen molar-refractivity contribution in [3.05, 3.63) is 54.1 Å². The zero-order valence-electron chi connectivity index (χ0n) is 17.2. The number of amides is 2. The highest BCUT2D eigenvalue weighted by Crippen LogP contribution is 2.28. The van der Waals surface area contributed by atoms with Crippen LogP contribution < -0.4 is 20.1 Å². The van der Waals surface area contributed by atoms with Crippen LogP contribution in [-0.2, 0) is 19.1 Å². The molecule has 2 aromatic rings. The van der Waals surface area contributed by atoms with Crippen molar-refractivity contribution in [1.82, 2.24) is 0 Å². The molecular formula is C22H24N2O6. The third-order valence-electron chi connectivity index (χ3n) is 3.95. The van der Waals surface area contributed by atoms with E-state index in [1.807, 2.05) is 0 Å². The predicted octanol–water partition coefficient (Wildman–Crippen LogP) is 3.25. The Bertz CT molecular complexity index is 937. The van der Waals surface area contributed by atoms with Crippen LogP contribution in [0.3, 0.4) is 0 Å². The van der Waals surface area contributed by atoms with Crippen molar-refractivity contribution >= 4 is 35.2 Å². The molecule has 0 saturated carbocycles. The second kappa shape index (κ2) is 10.7. The summed E-state index contributed by atoms with van der Waals surface area (Å²) in [5.41, 5.74) is 1.83. The maximum absolute atomic E-state index is 12.2. The fourth-order valence-electron chi connectivity index (χ4n) is 2.47. The van der Waals surface area contributed by atoms with Crippen LogP contribution in [0.25, 0.3) is 6.08 Å². The quantitative estimate of drug-likeness (QED) is 0.510. The lowest BCUT2D eigenvalue weighted by atomic mass is 10.2. The summed E-state index contributed by atoms with van der Waals surface area (Å²) >= 11 is 0. The highest BCUT2D eigenvalue weighted by atomic mass is 16.5. The largest absolute Gasteiger partial charge is 0.493 e. The summed E-state index contributed by atoms with van der Waals surface area (Å²) in [6, 6.07) is 11.8. The van der Waals surface area contributed by atoms with Gasteiger partial charge in [-0.25, -0.2) is 4.79 Å². The maximum atomic E-state index is 12.2. The molecule has 30 heavy (non-hydrogen) atoms. The summed E-state index contributed by atoms with van der Waals surface area (Å²) < 4.78 is 15.5. The van der Waals surface area contributed by atoms with Gasteiger partial charge in [0.15, 0.2) is 17.6 Å². The monoisotopic (exact) mass is 412 g/mol. The number of ether oxygens (including phenoxy) is 3. The van der Waals surface area contributed by atoms with E-state index in [1.54, 1.807) is 48.5 Å². The summed E-state index contributed by atoms with van der Waals surface area (Å²) in [5.74, 6) is -0.213. The Morgan fingerprint density at radius 2 is 1.50 bits per heavy atom. The van der Waals surface area contributed by atoms with Gasteiger partial charge < -0.3 is 24.8 Å². The highest BCUT2D eigenvalue weighted by molar-refractivity contribution is 5.97. The zero-order chi connectivity index (χ0) is 22.1. The summed E-state index contributed by atoms with van der Waals surface area (Å²) in [6.07, 6.45) is 1.78. The first-order chi connectivity index (χ1) is 14.3. The number of hydrogen-bond acceptors (Lipinski definition) is 6. The van der Waals surface area contributed by atoms with E-state index in [-0.39, 0.29) is 5.91 Å². The molecule has 0 saturated heterocycles. The van der Waals surface area contributed by atoms with E-state index in [2.05, 4.69) is 10.6 Å². The lowest BCUT2D eigenvalue weighted by molar-refractivity contribution is -0.148. The standard InChI is InChI=1S/C22H24N2O6/c1-14(22(27)24-18-9-7-17(8-10-18)23-15(2)25)30-21(26)12-6-16-5-11-19(28-3)20(13-16)29-4/h5-14H,1-4H3,(H,23,25)(H,24,27)/b12-6+/t14-/m0/s1. The molecule has 1 atom stereocenters. The van der Waals surface area contributed by atoms with Crippen LogP contribution in [-0.4, -0.2) is 38.1 Å². The first-order valence-corrected chi connectivity index (χ1v) is 9.11. The van der Waals surface area contributed by atoms with E-state index in [0.29, 0.717) is 28.4 Å². The third-order valence-corrected chi connectivity index (χ3v) is 3.95. The van der Waals surface area contributed by atoms with Gasteiger partial charge in [-0.05, 0) is 55.0 Å². The molecule has 0 radical (unpaired) electrons. The minimum Gasteiger partial charge on any atom is -0.493 e. The van der Waals surface area contributed by atoms with Crippen molar-refractivity contribution in [3.63, 3.8) is 0 Å². The van der Waals surface area contributed by atoms with Crippen LogP contribution >= 0.6 is 0 Å². The van der Waals surface area contributed by atoms with Gasteiger partial charge >= 0.3 is 5.97 Å². The van der Waals surface area contributed by atoms with E-state index in [1.165, 1.54) is 34.1 Å². The van der Waals surface area contributed by atoms with Crippen LogP contribution in [0.2, 0.25) is 0 Å². The lowest BCUT2D eigenvalue weighted by Gasteiger charge is -2.13. The summed E-state index contributed by atoms with van der Waals surface area (Å²) in [5, 5.41) is 5.28. The number of anilines is 2. The fraction of sp³-hybridized carbons (Fsp3) is 0.227. The van der Waals surface area contributed by atoms with Crippen molar-refractivity contribution < 1.29 is 28.6 Å². The number of methoxy groups -OCH3 is 2. The number of hydrogen-bond donors (Lipinski definition) is 2. The van der Waals surface area contributed by atoms with Crippen molar-refractivity contribution in [2.75, 3.05) is 24.9 Å². The van der Waals surface area contributed by atoms with Crippen LogP contribution in [0.1, 0.15) is 19.4 Å². The minimum absolute atomic E-state index is 0.187. The smallest absolute Gasteiger partial charge is 0.331 e. The molecule has 0 aromatic heterocycles. The summed E-state index contributed by atoms with van der Waals surface area (Å²) in [4.78, 5) is 35.3. The van der Waals surface area contributed by atoms with Crippen molar-refractivity contribution in [3.8, 4) is 11.5 Å². The molecule has 2 aromatic carbocycles. The van der Waals surface area contributed by atoms with Crippen molar-refractivity contribution in [1.29, 1.82) is 0 Å². The molecule has 0 aliphatic rings. The number of nitrogens with one attached hydrogen (secondary N) is 2. The van der Waals surface area contributed by atoms with Crippen LogP contribution in [0.4, 0.5) is 11.4 Å². The van der Waals surface area contributed by atoms with E-state index in [0.717, 1.165) is 0 Å². The topological polar surface area (TPSA) is 103 Å². The second-order valence-electron chi connectivity index (χ2n) is 6.27. The summed E-state index contributed by atoms with van der Waals surface area (Å²) in [7, 11) is 3.06. The fourth-order valence-corrected chi connectivity index (χ4v) is 2.47. The van der Waals surface area contributed by atoms with Crippen LogP contribution in [0.15, 0.2) is 48.5 Å². The van der Waals surface area contributed by atoms with Crippen molar-refractivity contribution in [2.45, 2.75) is 20.0 Å². The maximum Gasteiger partial charge on any atom is 0.331 e. The minimum atomic E-state index is -0.998. The first-order valence-electron chi connectivity index (χ1n) is 9.11. The Kier molecular flexibility index (Phi) is 7.99. The van der Waals surface area contributed by atoms with Gasteiger partial charge in [-0.2, -0.15) is 0 Å². The molecule has 8 heteroatoms. The average molecular weight is 412 g/mol. The molecule has 0 bridgehead atoms. The van der Waals surface area contributed by atoms with Crippen LogP contribution in [0.5, 0.6) is 11.5 Å². The lowest BCUT2D eigenvalue weighted by Crippen LogP contribution is -2.29. The molecule has 0 aliphatic heterocycles. The van der Waals surface area contributed by atoms with E-state index >= 15 is 0 Å². The Morgan fingerprint density at radius 1 is 0.900 bits per heavy atom. The Hall–Kier alpha value is -3.81. The van der Waals surface area contributed by atoms with Gasteiger partial charge in [0.1, 0.15) is 0 Å². The van der Waals surface area contributed by atoms with E-state index < -0.39 is 18.0 Å². The van der Waals surface area contributed by atoms with Gasteiger partial charge in [-0.3, -0.25) is 9.59 Å². The number of carbonyl (C=O) groups excluding carboxylic acids is 3. The molecule has 0 aliphatic carbocycles. The molecule has 2 amide bonds. The van der Waals surface area contributed by atoms with Crippen molar-refractivity contribution in [2.24, 2.45) is 0 Å². The first kappa shape index (κ1) is 22.5. The molecule has 0 heterocycles. The van der Waals surface area contributed by atoms with Gasteiger partial charge in [0.25, 0.3) is 5.91 Å². The van der Waals surface area contributed by atoms with E-state index in [4.69, 9.17) is 14.2 Å². The Labute approximate surface area is 174 Å². The SMILES string of the molecule is COc1ccc(/C=C/C(=O)O[C@@H](C)C(=O)Nc2ccc(NC(C)=O)cc2)cc1OC. The van der Waals surface area contributed by atoms with Gasteiger partial charge in [0.2, 0.25) is 5.91 Å². The molecule has 8 nitrogen and oxygen atoms in total. The Morgan fingerprint density at radius 3 is 2.07 bits per heavy atom. The Balaban J connectivity index is 1.90. The summed E-state index contributed by atoms with van der Waals surface area (Å²) in [6.45, 7) is 2.88. The number of esters is 1. The molecule has 0 spiro atoms. The highest BCUT2D eigenvalue weighted by Gasteiger charge is 2.16. The number of carbonyl (C=O) groups is 3. The number of rotatable bonds is 8. The average Bonchev–Trinajstić information content (AvgIpc) is 2.72. The van der Waals surface area contributed by atoms with Gasteiger partial charge in [0, 0.05) is 24.4 Å². The molecule has 0 fully saturated rings. The predicted molar refractivity (Wildman–Crippen MR) is 114 cm³/mol. The third kappa shape index (κ3) is 6.66. The molecular weight excluding hydrogens is 388 g/mol. The molecule has 0 unspecified atom stereocenters. The van der Waals surface area contributed by atoms with Gasteiger partial charge in [0.05, 0.1) is 14.2 Å². The van der Waals surface area contributed by atoms with Gasteiger partial charge in [-0.1, -0.05) is 6.07 Å². The van der Waals surface area contributed by atoms with E-state index in [9.17, 15) is 14.4 Å². The molecule has 158 valence electrons. The number of benzene rings is 2. The molecule has 2 rings (SSSR count). The normalized spacial score (nSPS) is 11.5. The second-order valence-corrected chi connectivity index (χ2v) is 6.27. The van der Waals surface area contributed by atoms with Gasteiger partial charge in [-0.15, -0.1) is 0 Å².